The summed E-state index contributed by atoms with van der Waals surface area (Å²) in [6.07, 6.45) is 0.511. The Kier molecular flexibility index (Phi) is 5.22. The minimum absolute atomic E-state index is 0.243. The largest absolute Gasteiger partial charge is 0.389 e. The van der Waals surface area contributed by atoms with E-state index in [2.05, 4.69) is 23.6 Å². The Morgan fingerprint density at radius 1 is 1.19 bits per heavy atom. The van der Waals surface area contributed by atoms with Crippen LogP contribution in [0, 0.1) is 12.7 Å². The zero-order chi connectivity index (χ0) is 15.6. The van der Waals surface area contributed by atoms with Crippen LogP contribution in [0.25, 0.3) is 0 Å². The van der Waals surface area contributed by atoms with E-state index in [-0.39, 0.29) is 5.82 Å². The summed E-state index contributed by atoms with van der Waals surface area (Å²) >= 11 is 0. The van der Waals surface area contributed by atoms with Crippen molar-refractivity contribution in [3.8, 4) is 0 Å². The lowest BCUT2D eigenvalue weighted by Gasteiger charge is -2.40. The van der Waals surface area contributed by atoms with Crippen molar-refractivity contribution in [2.75, 3.05) is 31.1 Å². The molecule has 1 heterocycles. The summed E-state index contributed by atoms with van der Waals surface area (Å²) in [6, 6.07) is 3.96. The molecule has 1 aliphatic rings. The summed E-state index contributed by atoms with van der Waals surface area (Å²) in [5.74, 6) is -0.243. The number of hydrogen-bond acceptors (Lipinski definition) is 3. The summed E-state index contributed by atoms with van der Waals surface area (Å²) < 4.78 is 13.8. The van der Waals surface area contributed by atoms with Gasteiger partial charge in [0.2, 0.25) is 0 Å². The Morgan fingerprint density at radius 3 is 2.33 bits per heavy atom. The standard InChI is InChI=1S/C17H27FN2O/c1-5-13(3)19-6-8-20(9-7-19)17-10-12(2)16(18)11-15(17)14(4)21/h10-11,13-14,21H,5-9H2,1-4H3/t13?,14-/m0/s1. The molecule has 1 unspecified atom stereocenters. The number of aryl methyl sites for hydroxylation is 1. The van der Waals surface area contributed by atoms with Crippen LogP contribution < -0.4 is 4.90 Å². The van der Waals surface area contributed by atoms with E-state index in [1.807, 2.05) is 6.07 Å². The molecule has 0 radical (unpaired) electrons. The highest BCUT2D eigenvalue weighted by atomic mass is 19.1. The Hall–Kier alpha value is -1.13. The van der Waals surface area contributed by atoms with Gasteiger partial charge in [0.1, 0.15) is 5.82 Å². The summed E-state index contributed by atoms with van der Waals surface area (Å²) in [6.45, 7) is 11.8. The van der Waals surface area contributed by atoms with E-state index in [4.69, 9.17) is 0 Å². The maximum Gasteiger partial charge on any atom is 0.126 e. The van der Waals surface area contributed by atoms with Crippen LogP contribution in [0.1, 0.15) is 44.4 Å². The monoisotopic (exact) mass is 294 g/mol. The third-order valence-corrected chi connectivity index (χ3v) is 4.63. The first-order chi connectivity index (χ1) is 9.93. The number of piperazine rings is 1. The average Bonchev–Trinajstić information content (AvgIpc) is 2.48. The average molecular weight is 294 g/mol. The number of halogens is 1. The predicted octanol–water partition coefficient (Wildman–Crippen LogP) is 3.11. The lowest BCUT2D eigenvalue weighted by Crippen LogP contribution is -2.49. The van der Waals surface area contributed by atoms with Gasteiger partial charge in [-0.2, -0.15) is 0 Å². The van der Waals surface area contributed by atoms with Gasteiger partial charge in [0.25, 0.3) is 0 Å². The highest BCUT2D eigenvalue weighted by Gasteiger charge is 2.23. The maximum absolute atomic E-state index is 13.8. The van der Waals surface area contributed by atoms with Gasteiger partial charge in [-0.05, 0) is 44.9 Å². The van der Waals surface area contributed by atoms with Crippen molar-refractivity contribution in [3.05, 3.63) is 29.1 Å². The summed E-state index contributed by atoms with van der Waals surface area (Å²) in [4.78, 5) is 4.77. The molecule has 1 aliphatic heterocycles. The Labute approximate surface area is 127 Å². The topological polar surface area (TPSA) is 26.7 Å². The molecule has 3 nitrogen and oxygen atoms in total. The number of anilines is 1. The van der Waals surface area contributed by atoms with Gasteiger partial charge in [-0.25, -0.2) is 4.39 Å². The summed E-state index contributed by atoms with van der Waals surface area (Å²) in [5.41, 5.74) is 2.31. The first-order valence-corrected chi connectivity index (χ1v) is 7.91. The van der Waals surface area contributed by atoms with Crippen molar-refractivity contribution in [1.82, 2.24) is 4.90 Å². The number of hydrogen-bond donors (Lipinski definition) is 1. The Bertz CT molecular complexity index is 482. The molecular weight excluding hydrogens is 267 g/mol. The molecule has 0 aliphatic carbocycles. The summed E-state index contributed by atoms with van der Waals surface area (Å²) in [5, 5.41) is 9.93. The number of nitrogens with zero attached hydrogens (tertiary/aromatic N) is 2. The third-order valence-electron chi connectivity index (χ3n) is 4.63. The van der Waals surface area contributed by atoms with Crippen LogP contribution in [0.15, 0.2) is 12.1 Å². The van der Waals surface area contributed by atoms with E-state index in [1.165, 1.54) is 6.07 Å². The maximum atomic E-state index is 13.8. The molecule has 2 rings (SSSR count). The minimum atomic E-state index is -0.650. The number of aliphatic hydroxyl groups excluding tert-OH is 1. The van der Waals surface area contributed by atoms with Crippen LogP contribution in [0.5, 0.6) is 0 Å². The van der Waals surface area contributed by atoms with Gasteiger partial charge in [-0.3, -0.25) is 4.90 Å². The molecule has 0 saturated carbocycles. The normalized spacial score (nSPS) is 19.6. The minimum Gasteiger partial charge on any atom is -0.389 e. The van der Waals surface area contributed by atoms with Crippen molar-refractivity contribution in [3.63, 3.8) is 0 Å². The van der Waals surface area contributed by atoms with Crippen molar-refractivity contribution >= 4 is 5.69 Å². The number of benzene rings is 1. The fourth-order valence-corrected chi connectivity index (χ4v) is 2.95. The third kappa shape index (κ3) is 3.55. The zero-order valence-electron chi connectivity index (χ0n) is 13.6. The second-order valence-corrected chi connectivity index (χ2v) is 6.12. The second-order valence-electron chi connectivity index (χ2n) is 6.12. The van der Waals surface area contributed by atoms with Gasteiger partial charge < -0.3 is 10.0 Å². The van der Waals surface area contributed by atoms with Gasteiger partial charge in [-0.1, -0.05) is 6.92 Å². The van der Waals surface area contributed by atoms with E-state index >= 15 is 0 Å². The van der Waals surface area contributed by atoms with Crippen molar-refractivity contribution in [1.29, 1.82) is 0 Å². The number of rotatable bonds is 4. The molecule has 1 aromatic carbocycles. The van der Waals surface area contributed by atoms with Crippen LogP contribution in [0.4, 0.5) is 10.1 Å². The molecule has 1 fully saturated rings. The van der Waals surface area contributed by atoms with Crippen LogP contribution in [-0.4, -0.2) is 42.2 Å². The SMILES string of the molecule is CCC(C)N1CCN(c2cc(C)c(F)cc2[C@H](C)O)CC1. The quantitative estimate of drug-likeness (QED) is 0.924. The lowest BCUT2D eigenvalue weighted by molar-refractivity contribution is 0.188. The van der Waals surface area contributed by atoms with Crippen LogP contribution in [-0.2, 0) is 0 Å². The fourth-order valence-electron chi connectivity index (χ4n) is 2.95. The van der Waals surface area contributed by atoms with E-state index in [0.717, 1.165) is 38.3 Å². The number of aliphatic hydroxyl groups is 1. The Balaban J connectivity index is 2.18. The van der Waals surface area contributed by atoms with Gasteiger partial charge >= 0.3 is 0 Å². The van der Waals surface area contributed by atoms with E-state index < -0.39 is 6.10 Å². The molecule has 2 atom stereocenters. The molecule has 1 aromatic rings. The molecule has 1 saturated heterocycles. The van der Waals surface area contributed by atoms with Crippen molar-refractivity contribution in [2.24, 2.45) is 0 Å². The molecular formula is C17H27FN2O. The molecule has 0 bridgehead atoms. The van der Waals surface area contributed by atoms with E-state index in [9.17, 15) is 9.50 Å². The van der Waals surface area contributed by atoms with Crippen molar-refractivity contribution < 1.29 is 9.50 Å². The highest BCUT2D eigenvalue weighted by molar-refractivity contribution is 5.57. The molecule has 0 spiro atoms. The molecule has 1 N–H and O–H groups in total. The van der Waals surface area contributed by atoms with Crippen molar-refractivity contribution in [2.45, 2.75) is 46.3 Å². The van der Waals surface area contributed by atoms with E-state index in [0.29, 0.717) is 17.2 Å². The van der Waals surface area contributed by atoms with Gasteiger partial charge in [0.15, 0.2) is 0 Å². The fraction of sp³-hybridized carbons (Fsp3) is 0.647. The first kappa shape index (κ1) is 16.2. The van der Waals surface area contributed by atoms with Crippen LogP contribution in [0.3, 0.4) is 0 Å². The smallest absolute Gasteiger partial charge is 0.126 e. The molecule has 21 heavy (non-hydrogen) atoms. The zero-order valence-corrected chi connectivity index (χ0v) is 13.6. The van der Waals surface area contributed by atoms with Crippen LogP contribution in [0.2, 0.25) is 0 Å². The highest BCUT2D eigenvalue weighted by Crippen LogP contribution is 2.30. The van der Waals surface area contributed by atoms with E-state index in [1.54, 1.807) is 13.8 Å². The molecule has 0 amide bonds. The molecule has 4 heteroatoms. The summed E-state index contributed by atoms with van der Waals surface area (Å²) in [7, 11) is 0. The first-order valence-electron chi connectivity index (χ1n) is 7.91. The van der Waals surface area contributed by atoms with Crippen LogP contribution >= 0.6 is 0 Å². The Morgan fingerprint density at radius 2 is 1.81 bits per heavy atom. The predicted molar refractivity (Wildman–Crippen MR) is 85.3 cm³/mol. The lowest BCUT2D eigenvalue weighted by atomic mass is 10.0. The second kappa shape index (κ2) is 6.75. The van der Waals surface area contributed by atoms with Gasteiger partial charge in [-0.15, -0.1) is 0 Å². The molecule has 118 valence electrons. The van der Waals surface area contributed by atoms with Gasteiger partial charge in [0.05, 0.1) is 6.10 Å². The molecule has 0 aromatic heterocycles. The van der Waals surface area contributed by atoms with Gasteiger partial charge in [0, 0.05) is 43.5 Å².